The number of hydrogen-bond acceptors (Lipinski definition) is 4. The van der Waals surface area contributed by atoms with Gasteiger partial charge in [0.15, 0.2) is 0 Å². The third-order valence-electron chi connectivity index (χ3n) is 2.05. The van der Waals surface area contributed by atoms with Gasteiger partial charge in [0.25, 0.3) is 0 Å². The molecule has 0 unspecified atom stereocenters. The highest BCUT2D eigenvalue weighted by atomic mass is 32.1. The normalized spacial score (nSPS) is 10.7. The van der Waals surface area contributed by atoms with E-state index < -0.39 is 0 Å². The van der Waals surface area contributed by atoms with E-state index in [0.29, 0.717) is 6.54 Å². The molecule has 74 valence electrons. The van der Waals surface area contributed by atoms with E-state index >= 15 is 0 Å². The molecule has 0 saturated heterocycles. The van der Waals surface area contributed by atoms with Crippen LogP contribution in [0.3, 0.4) is 0 Å². The maximum absolute atomic E-state index is 5.57. The minimum atomic E-state index is 0.545. The van der Waals surface area contributed by atoms with Crippen molar-refractivity contribution in [2.24, 2.45) is 5.73 Å². The van der Waals surface area contributed by atoms with Crippen molar-refractivity contribution in [2.45, 2.75) is 20.0 Å². The minimum Gasteiger partial charge on any atom is -0.326 e. The Bertz CT molecular complexity index is 404. The van der Waals surface area contributed by atoms with E-state index in [9.17, 15) is 0 Å². The van der Waals surface area contributed by atoms with Gasteiger partial charge in [-0.05, 0) is 6.92 Å². The number of rotatable bonds is 3. The molecule has 0 amide bonds. The Labute approximate surface area is 86.4 Å². The van der Waals surface area contributed by atoms with Crippen LogP contribution in [0.25, 0.3) is 0 Å². The fourth-order valence-corrected chi connectivity index (χ4v) is 1.92. The van der Waals surface area contributed by atoms with Crippen LogP contribution in [0, 0.1) is 6.92 Å². The zero-order chi connectivity index (χ0) is 9.97. The average Bonchev–Trinajstić information content (AvgIpc) is 2.76. The number of hydrogen-bond donors (Lipinski definition) is 1. The van der Waals surface area contributed by atoms with Gasteiger partial charge in [-0.15, -0.1) is 11.3 Å². The summed E-state index contributed by atoms with van der Waals surface area (Å²) in [6, 6.07) is 0. The Balaban J connectivity index is 2.17. The van der Waals surface area contributed by atoms with Crippen molar-refractivity contribution in [1.82, 2.24) is 14.8 Å². The number of thiazole rings is 1. The number of nitrogens with two attached hydrogens (primary N) is 1. The predicted molar refractivity (Wildman–Crippen MR) is 56.1 cm³/mol. The van der Waals surface area contributed by atoms with Crippen LogP contribution in [0.15, 0.2) is 17.8 Å². The van der Waals surface area contributed by atoms with Crippen molar-refractivity contribution in [1.29, 1.82) is 0 Å². The molecule has 0 spiro atoms. The second kappa shape index (κ2) is 3.89. The molecule has 2 heterocycles. The highest BCUT2D eigenvalue weighted by molar-refractivity contribution is 7.09. The molecule has 2 aromatic rings. The zero-order valence-electron chi connectivity index (χ0n) is 7.97. The van der Waals surface area contributed by atoms with Gasteiger partial charge in [0.2, 0.25) is 0 Å². The molecule has 14 heavy (non-hydrogen) atoms. The van der Waals surface area contributed by atoms with Gasteiger partial charge < -0.3 is 5.73 Å². The van der Waals surface area contributed by atoms with Crippen LogP contribution in [0.2, 0.25) is 0 Å². The summed E-state index contributed by atoms with van der Waals surface area (Å²) < 4.78 is 1.89. The summed E-state index contributed by atoms with van der Waals surface area (Å²) >= 11 is 1.64. The summed E-state index contributed by atoms with van der Waals surface area (Å²) in [5.41, 5.74) is 7.67. The molecular weight excluding hydrogens is 196 g/mol. The fraction of sp³-hybridized carbons (Fsp3) is 0.333. The van der Waals surface area contributed by atoms with Crippen molar-refractivity contribution in [2.75, 3.05) is 0 Å². The Morgan fingerprint density at radius 2 is 2.43 bits per heavy atom. The van der Waals surface area contributed by atoms with Crippen molar-refractivity contribution >= 4 is 11.3 Å². The SMILES string of the molecule is Cc1nn(Cc2nccs2)cc1CN. The minimum absolute atomic E-state index is 0.545. The highest BCUT2D eigenvalue weighted by Gasteiger charge is 2.04. The molecule has 0 radical (unpaired) electrons. The number of aromatic nitrogens is 3. The van der Waals surface area contributed by atoms with E-state index in [1.807, 2.05) is 23.2 Å². The first-order valence-electron chi connectivity index (χ1n) is 4.41. The molecule has 0 aliphatic heterocycles. The first kappa shape index (κ1) is 9.36. The third kappa shape index (κ3) is 1.83. The molecule has 0 saturated carbocycles. The molecule has 0 aliphatic rings. The average molecular weight is 208 g/mol. The second-order valence-corrected chi connectivity index (χ2v) is 4.05. The van der Waals surface area contributed by atoms with E-state index in [4.69, 9.17) is 5.73 Å². The van der Waals surface area contributed by atoms with Gasteiger partial charge in [0, 0.05) is 29.9 Å². The van der Waals surface area contributed by atoms with E-state index in [2.05, 4.69) is 10.1 Å². The summed E-state index contributed by atoms with van der Waals surface area (Å²) in [7, 11) is 0. The Morgan fingerprint density at radius 1 is 1.57 bits per heavy atom. The summed E-state index contributed by atoms with van der Waals surface area (Å²) in [6.45, 7) is 3.25. The lowest BCUT2D eigenvalue weighted by Crippen LogP contribution is -1.99. The number of nitrogens with zero attached hydrogens (tertiary/aromatic N) is 3. The van der Waals surface area contributed by atoms with Gasteiger partial charge in [-0.1, -0.05) is 0 Å². The quantitative estimate of drug-likeness (QED) is 0.823. The van der Waals surface area contributed by atoms with Crippen molar-refractivity contribution < 1.29 is 0 Å². The maximum atomic E-state index is 5.57. The first-order chi connectivity index (χ1) is 6.79. The molecule has 0 bridgehead atoms. The standard InChI is InChI=1S/C9H12N4S/c1-7-8(4-10)5-13(12-7)6-9-11-2-3-14-9/h2-3,5H,4,6,10H2,1H3. The Morgan fingerprint density at radius 3 is 3.00 bits per heavy atom. The molecule has 0 fully saturated rings. The van der Waals surface area contributed by atoms with E-state index in [1.165, 1.54) is 0 Å². The predicted octanol–water partition coefficient (Wildman–Crippen LogP) is 1.16. The fourth-order valence-electron chi connectivity index (χ4n) is 1.31. The maximum Gasteiger partial charge on any atom is 0.114 e. The smallest absolute Gasteiger partial charge is 0.114 e. The Hall–Kier alpha value is -1.20. The first-order valence-corrected chi connectivity index (χ1v) is 5.29. The lowest BCUT2D eigenvalue weighted by atomic mass is 10.3. The Kier molecular flexibility index (Phi) is 2.60. The molecule has 0 aromatic carbocycles. The lowest BCUT2D eigenvalue weighted by Gasteiger charge is -1.95. The highest BCUT2D eigenvalue weighted by Crippen LogP contribution is 2.09. The van der Waals surface area contributed by atoms with Crippen molar-refractivity contribution in [3.05, 3.63) is 34.0 Å². The van der Waals surface area contributed by atoms with Crippen LogP contribution in [0.4, 0.5) is 0 Å². The van der Waals surface area contributed by atoms with E-state index in [0.717, 1.165) is 22.8 Å². The summed E-state index contributed by atoms with van der Waals surface area (Å²) in [4.78, 5) is 4.20. The van der Waals surface area contributed by atoms with Gasteiger partial charge in [-0.25, -0.2) is 4.98 Å². The summed E-state index contributed by atoms with van der Waals surface area (Å²) in [5, 5.41) is 7.39. The zero-order valence-corrected chi connectivity index (χ0v) is 8.79. The molecule has 0 atom stereocenters. The van der Waals surface area contributed by atoms with Crippen LogP contribution in [-0.2, 0) is 13.1 Å². The van der Waals surface area contributed by atoms with Crippen LogP contribution >= 0.6 is 11.3 Å². The van der Waals surface area contributed by atoms with Crippen molar-refractivity contribution in [3.63, 3.8) is 0 Å². The molecule has 2 aromatic heterocycles. The molecule has 5 heteroatoms. The molecule has 4 nitrogen and oxygen atoms in total. The monoisotopic (exact) mass is 208 g/mol. The lowest BCUT2D eigenvalue weighted by molar-refractivity contribution is 0.676. The molecule has 0 aliphatic carbocycles. The summed E-state index contributed by atoms with van der Waals surface area (Å²) in [6.07, 6.45) is 3.79. The van der Waals surface area contributed by atoms with Gasteiger partial charge in [0.1, 0.15) is 5.01 Å². The van der Waals surface area contributed by atoms with Gasteiger partial charge in [-0.2, -0.15) is 5.10 Å². The van der Waals surface area contributed by atoms with Crippen LogP contribution in [0.5, 0.6) is 0 Å². The van der Waals surface area contributed by atoms with Gasteiger partial charge in [0.05, 0.1) is 12.2 Å². The van der Waals surface area contributed by atoms with Gasteiger partial charge in [-0.3, -0.25) is 4.68 Å². The van der Waals surface area contributed by atoms with Crippen LogP contribution < -0.4 is 5.73 Å². The number of aryl methyl sites for hydroxylation is 1. The third-order valence-corrected chi connectivity index (χ3v) is 2.81. The summed E-state index contributed by atoms with van der Waals surface area (Å²) in [5.74, 6) is 0. The van der Waals surface area contributed by atoms with E-state index in [1.54, 1.807) is 17.5 Å². The largest absolute Gasteiger partial charge is 0.326 e. The molecular formula is C9H12N4S. The van der Waals surface area contributed by atoms with Gasteiger partial charge >= 0.3 is 0 Å². The topological polar surface area (TPSA) is 56.7 Å². The van der Waals surface area contributed by atoms with E-state index in [-0.39, 0.29) is 0 Å². The second-order valence-electron chi connectivity index (χ2n) is 3.07. The van der Waals surface area contributed by atoms with Crippen LogP contribution in [-0.4, -0.2) is 14.8 Å². The molecule has 2 rings (SSSR count). The molecule has 2 N–H and O–H groups in total. The van der Waals surface area contributed by atoms with Crippen molar-refractivity contribution in [3.8, 4) is 0 Å². The van der Waals surface area contributed by atoms with Crippen LogP contribution in [0.1, 0.15) is 16.3 Å².